The van der Waals surface area contributed by atoms with Gasteiger partial charge in [0.2, 0.25) is 0 Å². The molecule has 0 unspecified atom stereocenters. The van der Waals surface area contributed by atoms with Crippen LogP contribution in [0, 0.1) is 19.8 Å². The molecule has 0 atom stereocenters. The second-order valence-corrected chi connectivity index (χ2v) is 4.13. The third kappa shape index (κ3) is 1.98. The van der Waals surface area contributed by atoms with Crippen molar-refractivity contribution in [2.75, 3.05) is 0 Å². The Kier molecular flexibility index (Phi) is 2.42. The summed E-state index contributed by atoms with van der Waals surface area (Å²) in [7, 11) is 0. The van der Waals surface area contributed by atoms with Gasteiger partial charge in [-0.1, -0.05) is 0 Å². The number of ketones is 1. The van der Waals surface area contributed by atoms with Gasteiger partial charge in [-0.25, -0.2) is 4.98 Å². The molecule has 1 aliphatic rings. The first kappa shape index (κ1) is 10.1. The summed E-state index contributed by atoms with van der Waals surface area (Å²) in [4.78, 5) is 27.4. The van der Waals surface area contributed by atoms with Crippen LogP contribution in [0.25, 0.3) is 0 Å². The third-order valence-electron chi connectivity index (χ3n) is 2.87. The fourth-order valence-electron chi connectivity index (χ4n) is 1.49. The monoisotopic (exact) mass is 206 g/mol. The largest absolute Gasteiger partial charge is 0.297 e. The molecule has 80 valence electrons. The molecule has 1 aromatic rings. The predicted octanol–water partition coefficient (Wildman–Crippen LogP) is 0.839. The number of Topliss-reactive ketones (excluding diaryl/α,β-unsaturated/α-hetero) is 1. The minimum absolute atomic E-state index is 0.100. The van der Waals surface area contributed by atoms with E-state index < -0.39 is 0 Å². The van der Waals surface area contributed by atoms with Crippen molar-refractivity contribution >= 4 is 5.78 Å². The Labute approximate surface area is 88.0 Å². The van der Waals surface area contributed by atoms with Crippen LogP contribution in [0.4, 0.5) is 0 Å². The minimum atomic E-state index is -0.100. The summed E-state index contributed by atoms with van der Waals surface area (Å²) in [5.74, 6) is 0.348. The van der Waals surface area contributed by atoms with E-state index in [0.717, 1.165) is 18.5 Å². The number of aromatic nitrogens is 2. The summed E-state index contributed by atoms with van der Waals surface area (Å²) in [5.41, 5.74) is 1.26. The highest BCUT2D eigenvalue weighted by atomic mass is 16.1. The molecule has 1 saturated carbocycles. The third-order valence-corrected chi connectivity index (χ3v) is 2.87. The van der Waals surface area contributed by atoms with Crippen molar-refractivity contribution in [2.24, 2.45) is 5.92 Å². The van der Waals surface area contributed by atoms with Crippen LogP contribution in [-0.4, -0.2) is 15.3 Å². The lowest BCUT2D eigenvalue weighted by Crippen LogP contribution is -2.27. The number of carbonyl (C=O) groups is 1. The van der Waals surface area contributed by atoms with Crippen LogP contribution in [0.1, 0.15) is 24.1 Å². The van der Waals surface area contributed by atoms with Crippen molar-refractivity contribution in [3.63, 3.8) is 0 Å². The molecule has 1 fully saturated rings. The molecule has 1 heterocycles. The van der Waals surface area contributed by atoms with Gasteiger partial charge in [0, 0.05) is 17.2 Å². The van der Waals surface area contributed by atoms with Crippen LogP contribution in [0.15, 0.2) is 11.1 Å². The average molecular weight is 206 g/mol. The smallest absolute Gasteiger partial charge is 0.256 e. The topological polar surface area (TPSA) is 52.0 Å². The molecule has 2 rings (SSSR count). The van der Waals surface area contributed by atoms with Crippen molar-refractivity contribution in [3.05, 3.63) is 27.9 Å². The SMILES string of the molecule is Cc1ncn(CC(=O)C2CC2)c(=O)c1C. The maximum absolute atomic E-state index is 11.7. The van der Waals surface area contributed by atoms with Gasteiger partial charge in [0.25, 0.3) is 5.56 Å². The number of rotatable bonds is 3. The number of hydrogen-bond donors (Lipinski definition) is 0. The van der Waals surface area contributed by atoms with E-state index in [-0.39, 0.29) is 23.8 Å². The van der Waals surface area contributed by atoms with Crippen molar-refractivity contribution in [2.45, 2.75) is 33.2 Å². The van der Waals surface area contributed by atoms with Gasteiger partial charge in [0.05, 0.1) is 12.9 Å². The molecule has 15 heavy (non-hydrogen) atoms. The van der Waals surface area contributed by atoms with Gasteiger partial charge < -0.3 is 0 Å². The fraction of sp³-hybridized carbons (Fsp3) is 0.545. The molecular formula is C11H14N2O2. The normalized spacial score (nSPS) is 15.3. The van der Waals surface area contributed by atoms with E-state index in [9.17, 15) is 9.59 Å². The van der Waals surface area contributed by atoms with Gasteiger partial charge in [0.1, 0.15) is 0 Å². The predicted molar refractivity (Wildman–Crippen MR) is 55.7 cm³/mol. The molecular weight excluding hydrogens is 192 g/mol. The number of nitrogens with zero attached hydrogens (tertiary/aromatic N) is 2. The highest BCUT2D eigenvalue weighted by molar-refractivity contribution is 5.82. The standard InChI is InChI=1S/C11H14N2O2/c1-7-8(2)12-6-13(11(7)15)5-10(14)9-3-4-9/h6,9H,3-5H2,1-2H3. The average Bonchev–Trinajstić information content (AvgIpc) is 3.02. The van der Waals surface area contributed by atoms with Crippen molar-refractivity contribution in [3.8, 4) is 0 Å². The highest BCUT2D eigenvalue weighted by Crippen LogP contribution is 2.29. The summed E-state index contributed by atoms with van der Waals surface area (Å²) in [5, 5.41) is 0. The maximum Gasteiger partial charge on any atom is 0.256 e. The van der Waals surface area contributed by atoms with Crippen molar-refractivity contribution in [1.82, 2.24) is 9.55 Å². The Morgan fingerprint density at radius 1 is 1.53 bits per heavy atom. The van der Waals surface area contributed by atoms with Crippen molar-refractivity contribution in [1.29, 1.82) is 0 Å². The molecule has 0 saturated heterocycles. The van der Waals surface area contributed by atoms with Crippen LogP contribution in [0.2, 0.25) is 0 Å². The lowest BCUT2D eigenvalue weighted by atomic mass is 10.2. The van der Waals surface area contributed by atoms with Crippen LogP contribution >= 0.6 is 0 Å². The Hall–Kier alpha value is -1.45. The maximum atomic E-state index is 11.7. The van der Waals surface area contributed by atoms with E-state index in [0.29, 0.717) is 5.56 Å². The van der Waals surface area contributed by atoms with Gasteiger partial charge in [-0.3, -0.25) is 14.2 Å². The Morgan fingerprint density at radius 3 is 2.80 bits per heavy atom. The zero-order valence-corrected chi connectivity index (χ0v) is 8.99. The molecule has 0 radical (unpaired) electrons. The lowest BCUT2D eigenvalue weighted by molar-refractivity contribution is -0.120. The van der Waals surface area contributed by atoms with E-state index in [1.54, 1.807) is 13.8 Å². The summed E-state index contributed by atoms with van der Waals surface area (Å²) >= 11 is 0. The number of hydrogen-bond acceptors (Lipinski definition) is 3. The molecule has 0 bridgehead atoms. The van der Waals surface area contributed by atoms with Gasteiger partial charge in [-0.15, -0.1) is 0 Å². The molecule has 0 N–H and O–H groups in total. The summed E-state index contributed by atoms with van der Waals surface area (Å²) in [6.45, 7) is 3.71. The molecule has 0 aromatic carbocycles. The zero-order chi connectivity index (χ0) is 11.0. The van der Waals surface area contributed by atoms with Crippen LogP contribution in [-0.2, 0) is 11.3 Å². The van der Waals surface area contributed by atoms with Crippen molar-refractivity contribution < 1.29 is 4.79 Å². The molecule has 0 amide bonds. The fourth-order valence-corrected chi connectivity index (χ4v) is 1.49. The Bertz CT molecular complexity index is 458. The first-order valence-corrected chi connectivity index (χ1v) is 5.15. The Balaban J connectivity index is 2.25. The second kappa shape index (κ2) is 3.61. The summed E-state index contributed by atoms with van der Waals surface area (Å²) in [6.07, 6.45) is 3.42. The van der Waals surface area contributed by atoms with E-state index in [4.69, 9.17) is 0 Å². The molecule has 4 heteroatoms. The van der Waals surface area contributed by atoms with Crippen LogP contribution in [0.5, 0.6) is 0 Å². The quantitative estimate of drug-likeness (QED) is 0.736. The van der Waals surface area contributed by atoms with Crippen LogP contribution in [0.3, 0.4) is 0 Å². The van der Waals surface area contributed by atoms with E-state index in [1.807, 2.05) is 0 Å². The van der Waals surface area contributed by atoms with Gasteiger partial charge in [0.15, 0.2) is 5.78 Å². The molecule has 0 spiro atoms. The van der Waals surface area contributed by atoms with Gasteiger partial charge >= 0.3 is 0 Å². The number of carbonyl (C=O) groups excluding carboxylic acids is 1. The first-order chi connectivity index (χ1) is 7.09. The van der Waals surface area contributed by atoms with E-state index >= 15 is 0 Å². The summed E-state index contributed by atoms with van der Waals surface area (Å²) < 4.78 is 1.41. The van der Waals surface area contributed by atoms with E-state index in [1.165, 1.54) is 10.9 Å². The molecule has 1 aromatic heterocycles. The van der Waals surface area contributed by atoms with Crippen LogP contribution < -0.4 is 5.56 Å². The zero-order valence-electron chi connectivity index (χ0n) is 8.99. The van der Waals surface area contributed by atoms with Gasteiger partial charge in [-0.2, -0.15) is 0 Å². The highest BCUT2D eigenvalue weighted by Gasteiger charge is 2.29. The molecule has 0 aliphatic heterocycles. The lowest BCUT2D eigenvalue weighted by Gasteiger charge is -2.06. The van der Waals surface area contributed by atoms with Gasteiger partial charge in [-0.05, 0) is 26.7 Å². The first-order valence-electron chi connectivity index (χ1n) is 5.15. The second-order valence-electron chi connectivity index (χ2n) is 4.13. The number of aryl methyl sites for hydroxylation is 1. The Morgan fingerprint density at radius 2 is 2.20 bits per heavy atom. The molecule has 4 nitrogen and oxygen atoms in total. The minimum Gasteiger partial charge on any atom is -0.297 e. The van der Waals surface area contributed by atoms with E-state index in [2.05, 4.69) is 4.98 Å². The summed E-state index contributed by atoms with van der Waals surface area (Å²) in [6, 6.07) is 0. The molecule has 1 aliphatic carbocycles.